The molecule has 0 radical (unpaired) electrons. The first-order valence-electron chi connectivity index (χ1n) is 5.88. The third kappa shape index (κ3) is 1.78. The molecule has 1 aliphatic heterocycles. The van der Waals surface area contributed by atoms with Crippen molar-refractivity contribution in [2.45, 2.75) is 25.5 Å². The zero-order valence-corrected chi connectivity index (χ0v) is 10.4. The lowest BCUT2D eigenvalue weighted by atomic mass is 10.1. The number of aliphatic hydroxyl groups excluding tert-OH is 1. The Kier molecular flexibility index (Phi) is 2.76. The normalized spacial score (nSPS) is 18.7. The summed E-state index contributed by atoms with van der Waals surface area (Å²) in [6.45, 7) is 0.471. The van der Waals surface area contributed by atoms with Gasteiger partial charge in [-0.1, -0.05) is 23.7 Å². The Bertz CT molecular complexity index is 595. The topological polar surface area (TPSA) is 58.3 Å². The molecule has 2 heterocycles. The number of aliphatic hydroxyl groups is 1. The second-order valence-corrected chi connectivity index (χ2v) is 4.85. The van der Waals surface area contributed by atoms with Gasteiger partial charge in [0, 0.05) is 0 Å². The van der Waals surface area contributed by atoms with Crippen LogP contribution in [0.3, 0.4) is 0 Å². The van der Waals surface area contributed by atoms with Gasteiger partial charge in [0.25, 0.3) is 0 Å². The van der Waals surface area contributed by atoms with Crippen molar-refractivity contribution in [3.63, 3.8) is 0 Å². The van der Waals surface area contributed by atoms with Crippen molar-refractivity contribution in [2.75, 3.05) is 0 Å². The van der Waals surface area contributed by atoms with Crippen molar-refractivity contribution in [2.24, 2.45) is 0 Å². The summed E-state index contributed by atoms with van der Waals surface area (Å²) >= 11 is 6.12. The maximum Gasteiger partial charge on any atom is 0.150 e. The summed E-state index contributed by atoms with van der Waals surface area (Å²) in [5, 5.41) is 20.1. The van der Waals surface area contributed by atoms with Gasteiger partial charge < -0.3 is 14.8 Å². The summed E-state index contributed by atoms with van der Waals surface area (Å²) < 4.78 is 1.89. The van der Waals surface area contributed by atoms with Gasteiger partial charge in [0.15, 0.2) is 5.15 Å². The van der Waals surface area contributed by atoms with Gasteiger partial charge in [-0.3, -0.25) is 0 Å². The maximum absolute atomic E-state index is 9.88. The van der Waals surface area contributed by atoms with Gasteiger partial charge >= 0.3 is 0 Å². The summed E-state index contributed by atoms with van der Waals surface area (Å²) in [5.41, 5.74) is 1.57. The van der Waals surface area contributed by atoms with E-state index in [4.69, 9.17) is 11.6 Å². The quantitative estimate of drug-likeness (QED) is 0.830. The van der Waals surface area contributed by atoms with E-state index in [1.165, 1.54) is 0 Å². The summed E-state index contributed by atoms with van der Waals surface area (Å²) in [7, 11) is 0. The van der Waals surface area contributed by atoms with E-state index in [2.05, 4.69) is 4.98 Å². The third-order valence-electron chi connectivity index (χ3n) is 3.28. The summed E-state index contributed by atoms with van der Waals surface area (Å²) in [6, 6.07) is 7.01. The SMILES string of the molecule is Oc1ccccc1-c1nc(Cl)c2n1CC(O)CC2. The van der Waals surface area contributed by atoms with Crippen LogP contribution < -0.4 is 0 Å². The third-order valence-corrected chi connectivity index (χ3v) is 3.58. The molecular weight excluding hydrogens is 252 g/mol. The van der Waals surface area contributed by atoms with E-state index in [0.717, 1.165) is 5.69 Å². The number of aromatic nitrogens is 2. The summed E-state index contributed by atoms with van der Waals surface area (Å²) in [5.74, 6) is 0.786. The molecule has 5 heteroatoms. The number of rotatable bonds is 1. The largest absolute Gasteiger partial charge is 0.507 e. The van der Waals surface area contributed by atoms with E-state index in [-0.39, 0.29) is 11.9 Å². The Morgan fingerprint density at radius 1 is 1.33 bits per heavy atom. The van der Waals surface area contributed by atoms with Crippen molar-refractivity contribution in [1.29, 1.82) is 0 Å². The van der Waals surface area contributed by atoms with Crippen LogP contribution in [-0.4, -0.2) is 25.9 Å². The molecule has 94 valence electrons. The second-order valence-electron chi connectivity index (χ2n) is 4.49. The number of phenolic OH excluding ortho intramolecular Hbond substituents is 1. The number of nitrogens with zero attached hydrogens (tertiary/aromatic N) is 2. The minimum absolute atomic E-state index is 0.169. The van der Waals surface area contributed by atoms with Crippen molar-refractivity contribution < 1.29 is 10.2 Å². The predicted octanol–water partition coefficient (Wildman–Crippen LogP) is 2.22. The zero-order chi connectivity index (χ0) is 12.7. The van der Waals surface area contributed by atoms with Gasteiger partial charge in [-0.05, 0) is 25.0 Å². The fourth-order valence-corrected chi connectivity index (χ4v) is 2.64. The van der Waals surface area contributed by atoms with Gasteiger partial charge in [0.1, 0.15) is 11.6 Å². The van der Waals surface area contributed by atoms with Crippen LogP contribution in [0.5, 0.6) is 5.75 Å². The second kappa shape index (κ2) is 4.30. The van der Waals surface area contributed by atoms with Crippen LogP contribution in [-0.2, 0) is 13.0 Å². The lowest BCUT2D eigenvalue weighted by Crippen LogP contribution is -2.24. The molecule has 0 amide bonds. The van der Waals surface area contributed by atoms with E-state index >= 15 is 0 Å². The minimum Gasteiger partial charge on any atom is -0.507 e. The van der Waals surface area contributed by atoms with E-state index in [0.29, 0.717) is 35.9 Å². The average molecular weight is 265 g/mol. The zero-order valence-electron chi connectivity index (χ0n) is 9.67. The molecule has 0 aliphatic carbocycles. The highest BCUT2D eigenvalue weighted by Gasteiger charge is 2.24. The molecule has 1 aliphatic rings. The number of imidazole rings is 1. The Morgan fingerprint density at radius 3 is 2.89 bits per heavy atom. The lowest BCUT2D eigenvalue weighted by Gasteiger charge is -2.21. The number of hydrogen-bond donors (Lipinski definition) is 2. The number of hydrogen-bond acceptors (Lipinski definition) is 3. The molecule has 2 N–H and O–H groups in total. The fourth-order valence-electron chi connectivity index (χ4n) is 2.37. The molecule has 0 spiro atoms. The lowest BCUT2D eigenvalue weighted by molar-refractivity contribution is 0.132. The van der Waals surface area contributed by atoms with Gasteiger partial charge in [-0.25, -0.2) is 4.98 Å². The molecule has 0 saturated carbocycles. The number of halogens is 1. The Labute approximate surface area is 109 Å². The van der Waals surface area contributed by atoms with Crippen molar-refractivity contribution >= 4 is 11.6 Å². The van der Waals surface area contributed by atoms with Gasteiger partial charge in [-0.2, -0.15) is 0 Å². The average Bonchev–Trinajstić information content (AvgIpc) is 2.67. The molecule has 1 atom stereocenters. The first kappa shape index (κ1) is 11.6. The fraction of sp³-hybridized carbons (Fsp3) is 0.308. The van der Waals surface area contributed by atoms with E-state index in [1.54, 1.807) is 18.2 Å². The smallest absolute Gasteiger partial charge is 0.150 e. The molecule has 0 saturated heterocycles. The Balaban J connectivity index is 2.17. The maximum atomic E-state index is 9.88. The van der Waals surface area contributed by atoms with Crippen molar-refractivity contribution in [3.05, 3.63) is 35.1 Å². The molecule has 1 unspecified atom stereocenters. The van der Waals surface area contributed by atoms with Crippen molar-refractivity contribution in [1.82, 2.24) is 9.55 Å². The number of phenols is 1. The van der Waals surface area contributed by atoms with Gasteiger partial charge in [0.05, 0.1) is 23.9 Å². The summed E-state index contributed by atoms with van der Waals surface area (Å²) in [6.07, 6.45) is 1.03. The van der Waals surface area contributed by atoms with Crippen LogP contribution >= 0.6 is 11.6 Å². The molecular formula is C13H13ClN2O2. The number of para-hydroxylation sites is 1. The molecule has 4 nitrogen and oxygen atoms in total. The van der Waals surface area contributed by atoms with Gasteiger partial charge in [0.2, 0.25) is 0 Å². The summed E-state index contributed by atoms with van der Waals surface area (Å²) in [4.78, 5) is 4.32. The molecule has 1 aromatic carbocycles. The van der Waals surface area contributed by atoms with Crippen LogP contribution in [0.2, 0.25) is 5.15 Å². The minimum atomic E-state index is -0.382. The molecule has 2 aromatic rings. The Hall–Kier alpha value is -1.52. The standard InChI is InChI=1S/C13H13ClN2O2/c14-12-10-6-5-8(17)7-16(10)13(15-12)9-3-1-2-4-11(9)18/h1-4,8,17-18H,5-7H2. The van der Waals surface area contributed by atoms with Gasteiger partial charge in [-0.15, -0.1) is 0 Å². The highest BCUT2D eigenvalue weighted by Crippen LogP contribution is 2.33. The van der Waals surface area contributed by atoms with Crippen LogP contribution in [0, 0.1) is 0 Å². The van der Waals surface area contributed by atoms with Crippen LogP contribution in [0.1, 0.15) is 12.1 Å². The van der Waals surface area contributed by atoms with Crippen LogP contribution in [0.15, 0.2) is 24.3 Å². The van der Waals surface area contributed by atoms with Crippen molar-refractivity contribution in [3.8, 4) is 17.1 Å². The number of fused-ring (bicyclic) bond motifs is 1. The highest BCUT2D eigenvalue weighted by atomic mass is 35.5. The molecule has 1 aromatic heterocycles. The van der Waals surface area contributed by atoms with E-state index in [9.17, 15) is 10.2 Å². The van der Waals surface area contributed by atoms with E-state index < -0.39 is 0 Å². The molecule has 18 heavy (non-hydrogen) atoms. The van der Waals surface area contributed by atoms with Crippen LogP contribution in [0.25, 0.3) is 11.4 Å². The highest BCUT2D eigenvalue weighted by molar-refractivity contribution is 6.30. The predicted molar refractivity (Wildman–Crippen MR) is 68.7 cm³/mol. The molecule has 0 bridgehead atoms. The molecule has 0 fully saturated rings. The number of benzene rings is 1. The Morgan fingerprint density at radius 2 is 2.11 bits per heavy atom. The monoisotopic (exact) mass is 264 g/mol. The molecule has 3 rings (SSSR count). The first-order valence-corrected chi connectivity index (χ1v) is 6.26. The van der Waals surface area contributed by atoms with Crippen LogP contribution in [0.4, 0.5) is 0 Å². The van der Waals surface area contributed by atoms with E-state index in [1.807, 2.05) is 10.6 Å². The number of aromatic hydroxyl groups is 1. The first-order chi connectivity index (χ1) is 8.66.